The van der Waals surface area contributed by atoms with Gasteiger partial charge in [0.25, 0.3) is 0 Å². The van der Waals surface area contributed by atoms with Gasteiger partial charge in [0.05, 0.1) is 6.10 Å². The van der Waals surface area contributed by atoms with Crippen molar-refractivity contribution < 1.29 is 4.74 Å². The normalized spacial score (nSPS) is 32.8. The third kappa shape index (κ3) is 4.33. The Balaban J connectivity index is 1.53. The molecule has 2 saturated heterocycles. The van der Waals surface area contributed by atoms with Crippen molar-refractivity contribution in [3.8, 4) is 0 Å². The Morgan fingerprint density at radius 1 is 1.07 bits per heavy atom. The first-order chi connectivity index (χ1) is 7.45. The Hall–Kier alpha value is 0.270. The summed E-state index contributed by atoms with van der Waals surface area (Å²) < 4.78 is 5.70. The maximum absolute atomic E-state index is 5.70. The molecular formula is C12H23NOS. The second-order valence-corrected chi connectivity index (χ2v) is 6.04. The van der Waals surface area contributed by atoms with Crippen molar-refractivity contribution >= 4 is 11.8 Å². The smallest absolute Gasteiger partial charge is 0.0699 e. The highest BCUT2D eigenvalue weighted by Gasteiger charge is 2.16. The fraction of sp³-hybridized carbons (Fsp3) is 1.00. The van der Waals surface area contributed by atoms with Crippen molar-refractivity contribution in [2.45, 2.75) is 49.9 Å². The van der Waals surface area contributed by atoms with Crippen LogP contribution < -0.4 is 5.32 Å². The summed E-state index contributed by atoms with van der Waals surface area (Å²) in [5, 5.41) is 4.44. The van der Waals surface area contributed by atoms with E-state index in [0.717, 1.165) is 18.4 Å². The van der Waals surface area contributed by atoms with Crippen molar-refractivity contribution in [1.29, 1.82) is 0 Å². The molecule has 3 heteroatoms. The third-order valence-corrected chi connectivity index (χ3v) is 4.69. The quantitative estimate of drug-likeness (QED) is 0.800. The van der Waals surface area contributed by atoms with Crippen molar-refractivity contribution in [2.24, 2.45) is 0 Å². The molecule has 0 saturated carbocycles. The van der Waals surface area contributed by atoms with Crippen molar-refractivity contribution in [3.05, 3.63) is 0 Å². The van der Waals surface area contributed by atoms with Gasteiger partial charge in [-0.15, -0.1) is 0 Å². The molecule has 2 nitrogen and oxygen atoms in total. The van der Waals surface area contributed by atoms with Gasteiger partial charge in [0, 0.05) is 24.9 Å². The average molecular weight is 229 g/mol. The van der Waals surface area contributed by atoms with E-state index in [0.29, 0.717) is 6.10 Å². The fourth-order valence-corrected chi connectivity index (χ4v) is 3.62. The number of hydrogen-bond acceptors (Lipinski definition) is 3. The molecule has 2 aliphatic heterocycles. The highest BCUT2D eigenvalue weighted by atomic mass is 32.2. The van der Waals surface area contributed by atoms with Gasteiger partial charge in [-0.25, -0.2) is 0 Å². The Labute approximate surface area is 97.5 Å². The molecule has 0 radical (unpaired) electrons. The van der Waals surface area contributed by atoms with E-state index >= 15 is 0 Å². The van der Waals surface area contributed by atoms with Crippen molar-refractivity contribution in [1.82, 2.24) is 5.32 Å². The van der Waals surface area contributed by atoms with Crippen LogP contribution in [0.3, 0.4) is 0 Å². The Bertz CT molecular complexity index is 147. The van der Waals surface area contributed by atoms with Crippen LogP contribution in [0.15, 0.2) is 0 Å². The molecule has 2 heterocycles. The molecule has 2 fully saturated rings. The van der Waals surface area contributed by atoms with Crippen LogP contribution in [0.5, 0.6) is 0 Å². The van der Waals surface area contributed by atoms with E-state index in [1.807, 2.05) is 0 Å². The van der Waals surface area contributed by atoms with Crippen LogP contribution in [0.25, 0.3) is 0 Å². The summed E-state index contributed by atoms with van der Waals surface area (Å²) in [7, 11) is 0. The van der Waals surface area contributed by atoms with E-state index in [1.54, 1.807) is 0 Å². The first-order valence-corrected chi connectivity index (χ1v) is 7.44. The Morgan fingerprint density at radius 3 is 2.73 bits per heavy atom. The molecule has 2 unspecified atom stereocenters. The average Bonchev–Trinajstić information content (AvgIpc) is 2.32. The number of thioether (sulfide) groups is 1. The Kier molecular flexibility index (Phi) is 5.30. The first kappa shape index (κ1) is 11.7. The second-order valence-electron chi connectivity index (χ2n) is 4.64. The SMILES string of the molecule is C1CCC(CNCC2CCCCS2)OC1. The van der Waals surface area contributed by atoms with Gasteiger partial charge < -0.3 is 10.1 Å². The van der Waals surface area contributed by atoms with Gasteiger partial charge >= 0.3 is 0 Å². The minimum atomic E-state index is 0.493. The monoisotopic (exact) mass is 229 g/mol. The molecule has 2 atom stereocenters. The maximum Gasteiger partial charge on any atom is 0.0699 e. The minimum absolute atomic E-state index is 0.493. The van der Waals surface area contributed by atoms with E-state index in [4.69, 9.17) is 4.74 Å². The number of nitrogens with one attached hydrogen (secondary N) is 1. The Morgan fingerprint density at radius 2 is 2.00 bits per heavy atom. The lowest BCUT2D eigenvalue weighted by atomic mass is 10.1. The van der Waals surface area contributed by atoms with E-state index in [2.05, 4.69) is 17.1 Å². The molecule has 88 valence electrons. The zero-order valence-electron chi connectivity index (χ0n) is 9.54. The highest BCUT2D eigenvalue weighted by Crippen LogP contribution is 2.24. The highest BCUT2D eigenvalue weighted by molar-refractivity contribution is 7.99. The van der Waals surface area contributed by atoms with Gasteiger partial charge in [-0.2, -0.15) is 11.8 Å². The summed E-state index contributed by atoms with van der Waals surface area (Å²) in [4.78, 5) is 0. The molecule has 0 aliphatic carbocycles. The molecule has 0 spiro atoms. The van der Waals surface area contributed by atoms with Crippen molar-refractivity contribution in [2.75, 3.05) is 25.4 Å². The second kappa shape index (κ2) is 6.77. The predicted octanol–water partition coefficient (Wildman–Crippen LogP) is 2.43. The zero-order valence-corrected chi connectivity index (χ0v) is 10.4. The summed E-state index contributed by atoms with van der Waals surface area (Å²) in [6.07, 6.45) is 8.62. The van der Waals surface area contributed by atoms with Crippen molar-refractivity contribution in [3.63, 3.8) is 0 Å². The molecule has 0 amide bonds. The topological polar surface area (TPSA) is 21.3 Å². The molecule has 0 bridgehead atoms. The molecule has 0 aromatic carbocycles. The van der Waals surface area contributed by atoms with Crippen LogP contribution >= 0.6 is 11.8 Å². The van der Waals surface area contributed by atoms with E-state index in [-0.39, 0.29) is 0 Å². The van der Waals surface area contributed by atoms with Crippen LogP contribution in [-0.4, -0.2) is 36.8 Å². The fourth-order valence-electron chi connectivity index (χ4n) is 2.34. The number of ether oxygens (including phenoxy) is 1. The van der Waals surface area contributed by atoms with Gasteiger partial charge in [-0.05, 0) is 37.9 Å². The molecule has 0 aromatic rings. The molecule has 15 heavy (non-hydrogen) atoms. The summed E-state index contributed by atoms with van der Waals surface area (Å²) in [6, 6.07) is 0. The zero-order chi connectivity index (χ0) is 10.3. The van der Waals surface area contributed by atoms with Crippen LogP contribution in [0.2, 0.25) is 0 Å². The summed E-state index contributed by atoms with van der Waals surface area (Å²) >= 11 is 2.15. The van der Waals surface area contributed by atoms with Crippen LogP contribution in [0.4, 0.5) is 0 Å². The van der Waals surface area contributed by atoms with E-state index in [1.165, 1.54) is 50.8 Å². The van der Waals surface area contributed by atoms with Crippen LogP contribution in [-0.2, 0) is 4.74 Å². The molecule has 1 N–H and O–H groups in total. The summed E-state index contributed by atoms with van der Waals surface area (Å²) in [6.45, 7) is 3.23. The number of hydrogen-bond donors (Lipinski definition) is 1. The maximum atomic E-state index is 5.70. The minimum Gasteiger partial charge on any atom is -0.377 e. The molecule has 2 rings (SSSR count). The van der Waals surface area contributed by atoms with Gasteiger partial charge in [0.15, 0.2) is 0 Å². The third-order valence-electron chi connectivity index (χ3n) is 3.29. The van der Waals surface area contributed by atoms with Crippen LogP contribution in [0, 0.1) is 0 Å². The lowest BCUT2D eigenvalue weighted by Gasteiger charge is -2.25. The van der Waals surface area contributed by atoms with Gasteiger partial charge in [0.1, 0.15) is 0 Å². The molecule has 2 aliphatic rings. The predicted molar refractivity (Wildman–Crippen MR) is 66.6 cm³/mol. The van der Waals surface area contributed by atoms with Gasteiger partial charge in [-0.1, -0.05) is 6.42 Å². The largest absolute Gasteiger partial charge is 0.377 e. The standard InChI is InChI=1S/C12H23NOS/c1-3-7-14-11(5-1)9-13-10-12-6-2-4-8-15-12/h11-13H,1-10H2. The van der Waals surface area contributed by atoms with E-state index < -0.39 is 0 Å². The van der Waals surface area contributed by atoms with Gasteiger partial charge in [-0.3, -0.25) is 0 Å². The lowest BCUT2D eigenvalue weighted by Crippen LogP contribution is -2.35. The summed E-state index contributed by atoms with van der Waals surface area (Å²) in [5.41, 5.74) is 0. The molecular weight excluding hydrogens is 206 g/mol. The number of rotatable bonds is 4. The molecule has 0 aromatic heterocycles. The van der Waals surface area contributed by atoms with Gasteiger partial charge in [0.2, 0.25) is 0 Å². The van der Waals surface area contributed by atoms with Crippen LogP contribution in [0.1, 0.15) is 38.5 Å². The summed E-state index contributed by atoms with van der Waals surface area (Å²) in [5.74, 6) is 1.37. The van der Waals surface area contributed by atoms with E-state index in [9.17, 15) is 0 Å². The first-order valence-electron chi connectivity index (χ1n) is 6.39. The lowest BCUT2D eigenvalue weighted by molar-refractivity contribution is 0.0171.